The number of aliphatic carboxylic acids is 1. The molecule has 1 aliphatic heterocycles. The summed E-state index contributed by atoms with van der Waals surface area (Å²) in [6, 6.07) is 15.0. The number of aliphatic imine (C=N–C) groups is 1. The molecule has 2 amide bonds. The summed E-state index contributed by atoms with van der Waals surface area (Å²) >= 11 is 3.49. The molecule has 0 radical (unpaired) electrons. The van der Waals surface area contributed by atoms with Crippen LogP contribution in [0.1, 0.15) is 92.7 Å². The Morgan fingerprint density at radius 1 is 1.03 bits per heavy atom. The van der Waals surface area contributed by atoms with Gasteiger partial charge in [0.05, 0.1) is 12.5 Å². The van der Waals surface area contributed by atoms with Gasteiger partial charge in [0.15, 0.2) is 0 Å². The van der Waals surface area contributed by atoms with Gasteiger partial charge in [0.25, 0.3) is 11.8 Å². The highest BCUT2D eigenvalue weighted by molar-refractivity contribution is 9.10. The summed E-state index contributed by atoms with van der Waals surface area (Å²) in [5.41, 5.74) is 2.27. The van der Waals surface area contributed by atoms with Crippen molar-refractivity contribution in [3.63, 3.8) is 0 Å². The van der Waals surface area contributed by atoms with E-state index in [-0.39, 0.29) is 30.8 Å². The summed E-state index contributed by atoms with van der Waals surface area (Å²) in [5, 5.41) is 11.5. The molecule has 0 saturated heterocycles. The number of amides is 2. The average molecular weight is 583 g/mol. The van der Waals surface area contributed by atoms with Gasteiger partial charge in [-0.05, 0) is 74.3 Å². The summed E-state index contributed by atoms with van der Waals surface area (Å²) in [6.45, 7) is 4.45. The Bertz CT molecular complexity index is 1180. The normalized spacial score (nSPS) is 17.5. The molecule has 4 rings (SSSR count). The maximum absolute atomic E-state index is 14.1. The van der Waals surface area contributed by atoms with Crippen LogP contribution in [0.3, 0.4) is 0 Å². The zero-order chi connectivity index (χ0) is 27.3. The van der Waals surface area contributed by atoms with Crippen molar-refractivity contribution in [1.29, 1.82) is 0 Å². The maximum Gasteiger partial charge on any atom is 0.305 e. The number of carbonyl (C=O) groups is 3. The van der Waals surface area contributed by atoms with Crippen molar-refractivity contribution in [2.75, 3.05) is 6.54 Å². The van der Waals surface area contributed by atoms with Crippen molar-refractivity contribution in [3.05, 3.63) is 69.7 Å². The Hall–Kier alpha value is -3.00. The zero-order valence-corrected chi connectivity index (χ0v) is 23.7. The minimum absolute atomic E-state index is 0.0292. The number of nitrogens with one attached hydrogen (secondary N) is 1. The number of rotatable bonds is 10. The molecule has 2 N–H and O–H groups in total. The van der Waals surface area contributed by atoms with E-state index in [1.807, 2.05) is 41.3 Å². The molecule has 1 saturated carbocycles. The lowest BCUT2D eigenvalue weighted by Crippen LogP contribution is -2.50. The first-order chi connectivity index (χ1) is 18.2. The highest BCUT2D eigenvalue weighted by Gasteiger charge is 2.50. The van der Waals surface area contributed by atoms with Gasteiger partial charge in [0.1, 0.15) is 11.4 Å². The summed E-state index contributed by atoms with van der Waals surface area (Å²) in [4.78, 5) is 44.6. The van der Waals surface area contributed by atoms with Gasteiger partial charge in [0.2, 0.25) is 0 Å². The Morgan fingerprint density at radius 3 is 2.29 bits per heavy atom. The molecule has 7 nitrogen and oxygen atoms in total. The fraction of sp³-hybridized carbons (Fsp3) is 0.467. The van der Waals surface area contributed by atoms with Crippen molar-refractivity contribution < 1.29 is 19.5 Å². The molecule has 1 spiro atoms. The molecule has 0 unspecified atom stereocenters. The van der Waals surface area contributed by atoms with E-state index in [9.17, 15) is 14.4 Å². The third-order valence-corrected chi connectivity index (χ3v) is 8.00. The molecule has 38 heavy (non-hydrogen) atoms. The van der Waals surface area contributed by atoms with Gasteiger partial charge in [-0.1, -0.05) is 60.5 Å². The van der Waals surface area contributed by atoms with E-state index in [1.165, 1.54) is 0 Å². The summed E-state index contributed by atoms with van der Waals surface area (Å²) < 4.78 is 0.957. The van der Waals surface area contributed by atoms with Crippen LogP contribution in [0.5, 0.6) is 0 Å². The Balaban J connectivity index is 1.66. The van der Waals surface area contributed by atoms with Crippen LogP contribution in [0.2, 0.25) is 0 Å². The van der Waals surface area contributed by atoms with E-state index in [4.69, 9.17) is 10.1 Å². The van der Waals surface area contributed by atoms with Crippen molar-refractivity contribution >= 4 is 39.4 Å². The Labute approximate surface area is 232 Å². The lowest BCUT2D eigenvalue weighted by atomic mass is 9.85. The fourth-order valence-corrected chi connectivity index (χ4v) is 5.75. The number of carbonyl (C=O) groups excluding carboxylic acids is 2. The zero-order valence-electron chi connectivity index (χ0n) is 22.1. The van der Waals surface area contributed by atoms with Crippen molar-refractivity contribution in [1.82, 2.24) is 10.2 Å². The molecule has 2 aromatic rings. The Kier molecular flexibility index (Phi) is 9.03. The lowest BCUT2D eigenvalue weighted by molar-refractivity contribution is -0.137. The molecule has 2 aromatic carbocycles. The topological polar surface area (TPSA) is 99.1 Å². The van der Waals surface area contributed by atoms with Crippen LogP contribution < -0.4 is 5.32 Å². The first-order valence-corrected chi connectivity index (χ1v) is 14.3. The van der Waals surface area contributed by atoms with Crippen LogP contribution in [0.4, 0.5) is 0 Å². The van der Waals surface area contributed by atoms with Gasteiger partial charge in [0, 0.05) is 22.1 Å². The predicted molar refractivity (Wildman–Crippen MR) is 151 cm³/mol. The summed E-state index contributed by atoms with van der Waals surface area (Å²) in [6.07, 6.45) is 6.55. The highest BCUT2D eigenvalue weighted by atomic mass is 79.9. The van der Waals surface area contributed by atoms with Crippen LogP contribution in [0.15, 0.2) is 58.0 Å². The summed E-state index contributed by atoms with van der Waals surface area (Å²) in [5.74, 6) is -0.814. The van der Waals surface area contributed by atoms with Gasteiger partial charge >= 0.3 is 5.97 Å². The second-order valence-corrected chi connectivity index (χ2v) is 11.6. The number of hydrogen-bond donors (Lipinski definition) is 2. The third kappa shape index (κ3) is 6.34. The molecular formula is C30H36BrN3O4. The number of benzene rings is 2. The van der Waals surface area contributed by atoms with E-state index in [2.05, 4.69) is 35.1 Å². The van der Waals surface area contributed by atoms with Crippen LogP contribution in [-0.4, -0.2) is 45.7 Å². The van der Waals surface area contributed by atoms with E-state index >= 15 is 0 Å². The van der Waals surface area contributed by atoms with Crippen molar-refractivity contribution in [2.24, 2.45) is 10.9 Å². The molecule has 202 valence electrons. The molecule has 1 atom stereocenters. The first-order valence-electron chi connectivity index (χ1n) is 13.5. The second-order valence-electron chi connectivity index (χ2n) is 10.7. The second kappa shape index (κ2) is 12.2. The number of carboxylic acids is 1. The van der Waals surface area contributed by atoms with Crippen LogP contribution in [-0.2, 0) is 9.59 Å². The van der Waals surface area contributed by atoms with Gasteiger partial charge in [-0.15, -0.1) is 0 Å². The highest BCUT2D eigenvalue weighted by Crippen LogP contribution is 2.45. The minimum atomic E-state index is -0.953. The molecule has 1 heterocycles. The van der Waals surface area contributed by atoms with Crippen molar-refractivity contribution in [2.45, 2.75) is 76.9 Å². The Morgan fingerprint density at radius 2 is 1.68 bits per heavy atom. The fourth-order valence-electron chi connectivity index (χ4n) is 5.49. The largest absolute Gasteiger partial charge is 0.481 e. The molecule has 0 bridgehead atoms. The molecule has 0 aromatic heterocycles. The maximum atomic E-state index is 14.1. The van der Waals surface area contributed by atoms with E-state index in [1.54, 1.807) is 12.1 Å². The van der Waals surface area contributed by atoms with E-state index in [0.717, 1.165) is 60.5 Å². The number of hydrogen-bond acceptors (Lipinski definition) is 4. The van der Waals surface area contributed by atoms with E-state index < -0.39 is 11.6 Å². The van der Waals surface area contributed by atoms with Crippen LogP contribution in [0.25, 0.3) is 0 Å². The van der Waals surface area contributed by atoms with Gasteiger partial charge in [-0.25, -0.2) is 0 Å². The van der Waals surface area contributed by atoms with Gasteiger partial charge < -0.3 is 15.3 Å². The number of halogens is 1. The van der Waals surface area contributed by atoms with Gasteiger partial charge in [-0.2, -0.15) is 0 Å². The minimum Gasteiger partial charge on any atom is -0.481 e. The molecular weight excluding hydrogens is 546 g/mol. The third-order valence-electron chi connectivity index (χ3n) is 7.47. The predicted octanol–water partition coefficient (Wildman–Crippen LogP) is 6.12. The first kappa shape index (κ1) is 28.0. The monoisotopic (exact) mass is 581 g/mol. The smallest absolute Gasteiger partial charge is 0.305 e. The van der Waals surface area contributed by atoms with Crippen molar-refractivity contribution in [3.8, 4) is 0 Å². The van der Waals surface area contributed by atoms with Gasteiger partial charge in [-0.3, -0.25) is 19.4 Å². The molecule has 1 aliphatic carbocycles. The van der Waals surface area contributed by atoms with E-state index in [0.29, 0.717) is 17.2 Å². The number of nitrogens with zero attached hydrogens (tertiary/aromatic N) is 2. The lowest BCUT2D eigenvalue weighted by Gasteiger charge is -2.44. The SMILES string of the molecule is CC(C)CC[C@H](c1ccc(C(=O)NCCC(=O)O)cc1)N1C(=O)C(c2ccc(Br)cc2)=NC12CCCCC2. The van der Waals surface area contributed by atoms with Crippen LogP contribution in [0, 0.1) is 5.92 Å². The molecule has 2 aliphatic rings. The number of carboxylic acid groups (broad SMARTS) is 1. The summed E-state index contributed by atoms with van der Waals surface area (Å²) in [7, 11) is 0. The molecule has 1 fully saturated rings. The molecule has 8 heteroatoms. The average Bonchev–Trinajstić information content (AvgIpc) is 3.16. The van der Waals surface area contributed by atoms with Crippen LogP contribution >= 0.6 is 15.9 Å². The standard InChI is InChI=1S/C30H36BrN3O4/c1-20(2)6-15-25(21-7-9-23(10-8-21)28(37)32-19-16-26(35)36)34-29(38)27(22-11-13-24(31)14-12-22)33-30(34)17-4-3-5-18-30/h7-14,20,25H,3-6,15-19H2,1-2H3,(H,32,37)(H,35,36)/t25-/m1/s1. The quantitative estimate of drug-likeness (QED) is 0.353.